The Morgan fingerprint density at radius 1 is 1.50 bits per heavy atom. The molecule has 0 radical (unpaired) electrons. The number of carbonyl (C=O) groups excluding carboxylic acids is 1. The molecule has 0 saturated carbocycles. The van der Waals surface area contributed by atoms with Crippen LogP contribution in [0.1, 0.15) is 33.8 Å². The summed E-state index contributed by atoms with van der Waals surface area (Å²) in [6, 6.07) is 3.12. The second-order valence-electron chi connectivity index (χ2n) is 6.29. The Balaban J connectivity index is 1.80. The van der Waals surface area contributed by atoms with Crippen LogP contribution in [0.15, 0.2) is 16.7 Å². The van der Waals surface area contributed by atoms with Crippen LogP contribution in [0.2, 0.25) is 0 Å². The largest absolute Gasteiger partial charge is 0.452 e. The average Bonchev–Trinajstić information content (AvgIpc) is 3.20. The lowest BCUT2D eigenvalue weighted by molar-refractivity contribution is -0.156. The number of aromatic nitrogens is 1. The highest BCUT2D eigenvalue weighted by molar-refractivity contribution is 7.17. The zero-order valence-corrected chi connectivity index (χ0v) is 14.7. The van der Waals surface area contributed by atoms with Crippen LogP contribution in [-0.2, 0) is 6.18 Å². The van der Waals surface area contributed by atoms with Crippen molar-refractivity contribution < 1.29 is 27.6 Å². The summed E-state index contributed by atoms with van der Waals surface area (Å²) in [4.78, 5) is 15.1. The molecule has 2 atom stereocenters. The maximum Gasteiger partial charge on any atom is 0.452 e. The molecule has 10 heteroatoms. The molecule has 26 heavy (non-hydrogen) atoms. The Kier molecular flexibility index (Phi) is 5.09. The number of alkyl halides is 3. The van der Waals surface area contributed by atoms with E-state index in [9.17, 15) is 23.1 Å². The SMILES string of the molecule is Cc1c(-c2ccc(C(=O)N3CCC[C@@H](C(N)O)C3)s2)noc1C(F)(F)F. The van der Waals surface area contributed by atoms with Gasteiger partial charge in [0, 0.05) is 24.6 Å². The van der Waals surface area contributed by atoms with Gasteiger partial charge in [-0.15, -0.1) is 11.3 Å². The number of nitrogens with zero attached hydrogens (tertiary/aromatic N) is 2. The second kappa shape index (κ2) is 7.01. The average molecular weight is 389 g/mol. The van der Waals surface area contributed by atoms with Gasteiger partial charge in [-0.1, -0.05) is 5.16 Å². The first-order valence-corrected chi connectivity index (χ1v) is 8.86. The summed E-state index contributed by atoms with van der Waals surface area (Å²) in [5.41, 5.74) is 5.48. The number of rotatable bonds is 3. The minimum atomic E-state index is -4.61. The molecule has 2 aromatic heterocycles. The van der Waals surface area contributed by atoms with Gasteiger partial charge in [0.2, 0.25) is 5.76 Å². The molecule has 1 amide bonds. The van der Waals surface area contributed by atoms with Crippen LogP contribution in [-0.4, -0.2) is 40.4 Å². The number of thiophene rings is 1. The van der Waals surface area contributed by atoms with Gasteiger partial charge in [0.05, 0.1) is 9.75 Å². The van der Waals surface area contributed by atoms with E-state index in [1.165, 1.54) is 6.92 Å². The van der Waals surface area contributed by atoms with Crippen LogP contribution in [0.4, 0.5) is 13.2 Å². The van der Waals surface area contributed by atoms with Crippen LogP contribution in [0.25, 0.3) is 10.6 Å². The smallest absolute Gasteiger partial charge is 0.378 e. The van der Waals surface area contributed by atoms with Crippen LogP contribution in [0.3, 0.4) is 0 Å². The molecular weight excluding hydrogens is 371 g/mol. The molecule has 3 heterocycles. The second-order valence-corrected chi connectivity index (χ2v) is 7.37. The summed E-state index contributed by atoms with van der Waals surface area (Å²) in [7, 11) is 0. The molecular formula is C16H18F3N3O3S. The topological polar surface area (TPSA) is 92.6 Å². The number of aliphatic hydroxyl groups is 1. The Labute approximate surface area is 151 Å². The zero-order valence-electron chi connectivity index (χ0n) is 13.9. The van der Waals surface area contributed by atoms with Gasteiger partial charge in [-0.25, -0.2) is 0 Å². The number of hydrogen-bond donors (Lipinski definition) is 2. The molecule has 2 aromatic rings. The quantitative estimate of drug-likeness (QED) is 0.788. The zero-order chi connectivity index (χ0) is 19.1. The van der Waals surface area contributed by atoms with E-state index in [1.807, 2.05) is 0 Å². The highest BCUT2D eigenvalue weighted by Crippen LogP contribution is 2.38. The third-order valence-corrected chi connectivity index (χ3v) is 5.54. The lowest BCUT2D eigenvalue weighted by atomic mass is 9.96. The van der Waals surface area contributed by atoms with E-state index in [-0.39, 0.29) is 23.1 Å². The minimum absolute atomic E-state index is 0.0790. The summed E-state index contributed by atoms with van der Waals surface area (Å²) in [6.45, 7) is 2.19. The maximum absolute atomic E-state index is 12.8. The lowest BCUT2D eigenvalue weighted by Crippen LogP contribution is -2.45. The fourth-order valence-electron chi connectivity index (χ4n) is 3.04. The van der Waals surface area contributed by atoms with E-state index in [2.05, 4.69) is 9.68 Å². The molecule has 6 nitrogen and oxygen atoms in total. The van der Waals surface area contributed by atoms with Crippen LogP contribution >= 0.6 is 11.3 Å². The Morgan fingerprint density at radius 3 is 2.85 bits per heavy atom. The van der Waals surface area contributed by atoms with Crippen molar-refractivity contribution in [3.8, 4) is 10.6 Å². The Bertz CT molecular complexity index is 800. The number of carbonyl (C=O) groups is 1. The monoisotopic (exact) mass is 389 g/mol. The van der Waals surface area contributed by atoms with E-state index < -0.39 is 18.2 Å². The summed E-state index contributed by atoms with van der Waals surface area (Å²) in [6.07, 6.45) is -4.12. The number of likely N-dealkylation sites (tertiary alicyclic amines) is 1. The van der Waals surface area contributed by atoms with Gasteiger partial charge < -0.3 is 20.3 Å². The molecule has 1 aliphatic rings. The molecule has 1 saturated heterocycles. The number of amides is 1. The molecule has 0 bridgehead atoms. The van der Waals surface area contributed by atoms with Crippen molar-refractivity contribution >= 4 is 17.2 Å². The molecule has 1 aliphatic heterocycles. The van der Waals surface area contributed by atoms with Crippen molar-refractivity contribution in [2.75, 3.05) is 13.1 Å². The van der Waals surface area contributed by atoms with Gasteiger partial charge >= 0.3 is 6.18 Å². The van der Waals surface area contributed by atoms with E-state index in [4.69, 9.17) is 5.73 Å². The van der Waals surface area contributed by atoms with Crippen molar-refractivity contribution in [2.45, 2.75) is 32.2 Å². The molecule has 3 N–H and O–H groups in total. The third kappa shape index (κ3) is 3.62. The fraction of sp³-hybridized carbons (Fsp3) is 0.500. The van der Waals surface area contributed by atoms with Gasteiger partial charge in [-0.3, -0.25) is 4.79 Å². The standard InChI is InChI=1S/C16H18F3N3O3S/c1-8-12(21-25-13(8)16(17,18)19)10-4-5-11(26-10)15(24)22-6-2-3-9(7-22)14(20)23/h4-5,9,14,23H,2-3,6-7,20H2,1H3/t9-,14?/m1/s1. The molecule has 3 rings (SSSR count). The minimum Gasteiger partial charge on any atom is -0.378 e. The highest BCUT2D eigenvalue weighted by Gasteiger charge is 2.39. The van der Waals surface area contributed by atoms with Gasteiger partial charge in [0.15, 0.2) is 0 Å². The van der Waals surface area contributed by atoms with E-state index >= 15 is 0 Å². The predicted octanol–water partition coefficient (Wildman–Crippen LogP) is 2.86. The number of hydrogen-bond acceptors (Lipinski definition) is 6. The number of piperidine rings is 1. The maximum atomic E-state index is 12.8. The van der Waals surface area contributed by atoms with Gasteiger partial charge in [0.1, 0.15) is 11.9 Å². The van der Waals surface area contributed by atoms with E-state index in [1.54, 1.807) is 17.0 Å². The van der Waals surface area contributed by atoms with Crippen molar-refractivity contribution in [1.82, 2.24) is 10.1 Å². The number of nitrogens with two attached hydrogens (primary N) is 1. The molecule has 1 unspecified atom stereocenters. The van der Waals surface area contributed by atoms with Gasteiger partial charge in [-0.2, -0.15) is 13.2 Å². The summed E-state index contributed by atoms with van der Waals surface area (Å²) >= 11 is 1.06. The van der Waals surface area contributed by atoms with Crippen molar-refractivity contribution in [3.63, 3.8) is 0 Å². The van der Waals surface area contributed by atoms with Crippen LogP contribution in [0, 0.1) is 12.8 Å². The molecule has 142 valence electrons. The molecule has 0 aromatic carbocycles. The first-order valence-electron chi connectivity index (χ1n) is 8.05. The molecule has 1 fully saturated rings. The van der Waals surface area contributed by atoms with Gasteiger partial charge in [0.25, 0.3) is 5.91 Å². The lowest BCUT2D eigenvalue weighted by Gasteiger charge is -2.33. The molecule has 0 aliphatic carbocycles. The van der Waals surface area contributed by atoms with Crippen LogP contribution in [0.5, 0.6) is 0 Å². The van der Waals surface area contributed by atoms with Gasteiger partial charge in [-0.05, 0) is 31.9 Å². The Morgan fingerprint density at radius 2 is 2.23 bits per heavy atom. The summed E-state index contributed by atoms with van der Waals surface area (Å²) in [5, 5.41) is 13.0. The first-order chi connectivity index (χ1) is 12.2. The van der Waals surface area contributed by atoms with Crippen molar-refractivity contribution in [3.05, 3.63) is 28.3 Å². The molecule has 0 spiro atoms. The van der Waals surface area contributed by atoms with Crippen molar-refractivity contribution in [1.29, 1.82) is 0 Å². The Hall–Kier alpha value is -1.91. The fourth-order valence-corrected chi connectivity index (χ4v) is 4.05. The summed E-state index contributed by atoms with van der Waals surface area (Å²) in [5.74, 6) is -1.55. The third-order valence-electron chi connectivity index (χ3n) is 4.46. The summed E-state index contributed by atoms with van der Waals surface area (Å²) < 4.78 is 42.9. The normalized spacial score (nSPS) is 19.6. The highest BCUT2D eigenvalue weighted by atomic mass is 32.1. The first kappa shape index (κ1) is 18.9. The van der Waals surface area contributed by atoms with Crippen molar-refractivity contribution in [2.24, 2.45) is 11.7 Å². The van der Waals surface area contributed by atoms with Crippen LogP contribution < -0.4 is 5.73 Å². The predicted molar refractivity (Wildman–Crippen MR) is 88.4 cm³/mol. The number of aliphatic hydroxyl groups excluding tert-OH is 1. The van der Waals surface area contributed by atoms with E-state index in [0.717, 1.165) is 24.2 Å². The van der Waals surface area contributed by atoms with E-state index in [0.29, 0.717) is 22.8 Å². The number of halogens is 3.